The van der Waals surface area contributed by atoms with Crippen LogP contribution in [0.4, 0.5) is 11.5 Å². The summed E-state index contributed by atoms with van der Waals surface area (Å²) in [5, 5.41) is 22.2. The minimum absolute atomic E-state index is 0.0288. The summed E-state index contributed by atoms with van der Waals surface area (Å²) in [6.45, 7) is 1.65. The standard InChI is InChI=1S/C10H12N4O5/c1-5(2-8(11)15)13-9-3-6(10(16)17)7(4-12-9)14(18)19/h3-5H,2H2,1H3,(H2,11,15)(H,12,13)(H,16,17). The van der Waals surface area contributed by atoms with Crippen molar-refractivity contribution in [1.82, 2.24) is 4.98 Å². The number of carbonyl (C=O) groups is 2. The number of anilines is 1. The first kappa shape index (κ1) is 14.4. The first-order chi connectivity index (χ1) is 8.81. The number of nitrogens with two attached hydrogens (primary N) is 1. The van der Waals surface area contributed by atoms with Crippen molar-refractivity contribution in [3.63, 3.8) is 0 Å². The van der Waals surface area contributed by atoms with Gasteiger partial charge in [0.25, 0.3) is 0 Å². The molecule has 0 spiro atoms. The predicted octanol–water partition coefficient (Wildman–Crippen LogP) is 0.364. The summed E-state index contributed by atoms with van der Waals surface area (Å²) in [5.74, 6) is -1.84. The number of aromatic nitrogens is 1. The molecule has 1 aromatic rings. The molecule has 4 N–H and O–H groups in total. The lowest BCUT2D eigenvalue weighted by atomic mass is 10.2. The molecular weight excluding hydrogens is 256 g/mol. The highest BCUT2D eigenvalue weighted by Crippen LogP contribution is 2.20. The normalized spacial score (nSPS) is 11.6. The van der Waals surface area contributed by atoms with Gasteiger partial charge >= 0.3 is 11.7 Å². The van der Waals surface area contributed by atoms with E-state index in [9.17, 15) is 19.7 Å². The van der Waals surface area contributed by atoms with Crippen LogP contribution in [0.1, 0.15) is 23.7 Å². The maximum atomic E-state index is 10.9. The van der Waals surface area contributed by atoms with Gasteiger partial charge in [0.1, 0.15) is 17.6 Å². The molecule has 9 heteroatoms. The molecule has 1 atom stereocenters. The molecule has 1 heterocycles. The average Bonchev–Trinajstić information content (AvgIpc) is 2.27. The van der Waals surface area contributed by atoms with Gasteiger partial charge in [-0.05, 0) is 6.92 Å². The minimum atomic E-state index is -1.43. The Kier molecular flexibility index (Phi) is 4.35. The summed E-state index contributed by atoms with van der Waals surface area (Å²) in [5.41, 5.74) is 3.93. The zero-order valence-corrected chi connectivity index (χ0v) is 9.99. The van der Waals surface area contributed by atoms with Crippen LogP contribution in [-0.2, 0) is 4.79 Å². The second-order valence-electron chi connectivity index (χ2n) is 3.86. The van der Waals surface area contributed by atoms with Crippen molar-refractivity contribution in [3.05, 3.63) is 27.9 Å². The maximum absolute atomic E-state index is 10.9. The third-order valence-corrected chi connectivity index (χ3v) is 2.21. The molecule has 0 saturated carbocycles. The zero-order valence-electron chi connectivity index (χ0n) is 9.99. The van der Waals surface area contributed by atoms with Gasteiger partial charge in [-0.2, -0.15) is 0 Å². The number of pyridine rings is 1. The molecule has 19 heavy (non-hydrogen) atoms. The quantitative estimate of drug-likeness (QED) is 0.498. The van der Waals surface area contributed by atoms with E-state index in [1.807, 2.05) is 0 Å². The number of hydrogen-bond donors (Lipinski definition) is 3. The Bertz CT molecular complexity index is 531. The Labute approximate surface area is 107 Å². The Hall–Kier alpha value is -2.71. The Morgan fingerprint density at radius 3 is 2.74 bits per heavy atom. The van der Waals surface area contributed by atoms with Gasteiger partial charge in [-0.25, -0.2) is 9.78 Å². The number of aromatic carboxylic acids is 1. The Morgan fingerprint density at radius 1 is 1.63 bits per heavy atom. The molecule has 1 aromatic heterocycles. The maximum Gasteiger partial charge on any atom is 0.342 e. The van der Waals surface area contributed by atoms with Gasteiger partial charge in [0.2, 0.25) is 5.91 Å². The second kappa shape index (κ2) is 5.76. The van der Waals surface area contributed by atoms with E-state index in [2.05, 4.69) is 10.3 Å². The second-order valence-corrected chi connectivity index (χ2v) is 3.86. The zero-order chi connectivity index (χ0) is 14.6. The van der Waals surface area contributed by atoms with E-state index < -0.39 is 28.1 Å². The summed E-state index contributed by atoms with van der Waals surface area (Å²) in [7, 11) is 0. The van der Waals surface area contributed by atoms with E-state index in [4.69, 9.17) is 10.8 Å². The van der Waals surface area contributed by atoms with Crippen LogP contribution in [0.3, 0.4) is 0 Å². The molecule has 0 aliphatic carbocycles. The summed E-state index contributed by atoms with van der Waals surface area (Å²) < 4.78 is 0. The largest absolute Gasteiger partial charge is 0.477 e. The van der Waals surface area contributed by atoms with Crippen molar-refractivity contribution in [1.29, 1.82) is 0 Å². The number of amides is 1. The van der Waals surface area contributed by atoms with Crippen LogP contribution in [0.15, 0.2) is 12.3 Å². The third kappa shape index (κ3) is 3.91. The average molecular weight is 268 g/mol. The van der Waals surface area contributed by atoms with Crippen LogP contribution < -0.4 is 11.1 Å². The minimum Gasteiger partial charge on any atom is -0.477 e. The fourth-order valence-electron chi connectivity index (χ4n) is 1.45. The molecule has 1 amide bonds. The van der Waals surface area contributed by atoms with Gasteiger partial charge in [-0.15, -0.1) is 0 Å². The van der Waals surface area contributed by atoms with Crippen LogP contribution in [0.2, 0.25) is 0 Å². The predicted molar refractivity (Wildman–Crippen MR) is 64.7 cm³/mol. The van der Waals surface area contributed by atoms with E-state index in [-0.39, 0.29) is 18.3 Å². The lowest BCUT2D eigenvalue weighted by molar-refractivity contribution is -0.385. The van der Waals surface area contributed by atoms with Crippen molar-refractivity contribution in [2.75, 3.05) is 5.32 Å². The van der Waals surface area contributed by atoms with Gasteiger partial charge in [0.15, 0.2) is 0 Å². The van der Waals surface area contributed by atoms with Gasteiger partial charge in [-0.1, -0.05) is 0 Å². The van der Waals surface area contributed by atoms with E-state index in [0.717, 1.165) is 12.3 Å². The fraction of sp³-hybridized carbons (Fsp3) is 0.300. The summed E-state index contributed by atoms with van der Waals surface area (Å²) >= 11 is 0. The molecule has 1 rings (SSSR count). The van der Waals surface area contributed by atoms with E-state index in [1.165, 1.54) is 0 Å². The number of rotatable bonds is 6. The highest BCUT2D eigenvalue weighted by atomic mass is 16.6. The summed E-state index contributed by atoms with van der Waals surface area (Å²) in [6, 6.07) is 0.672. The number of carboxylic acids is 1. The summed E-state index contributed by atoms with van der Waals surface area (Å²) in [6.07, 6.45) is 0.879. The molecule has 1 unspecified atom stereocenters. The topological polar surface area (TPSA) is 148 Å². The van der Waals surface area contributed by atoms with Gasteiger partial charge in [0.05, 0.1) is 4.92 Å². The molecule has 0 aromatic carbocycles. The molecule has 0 fully saturated rings. The van der Waals surface area contributed by atoms with Crippen molar-refractivity contribution in [2.45, 2.75) is 19.4 Å². The monoisotopic (exact) mass is 268 g/mol. The molecule has 0 aliphatic rings. The SMILES string of the molecule is CC(CC(N)=O)Nc1cc(C(=O)O)c([N+](=O)[O-])cn1. The number of primary amides is 1. The highest BCUT2D eigenvalue weighted by molar-refractivity contribution is 5.93. The molecule has 0 radical (unpaired) electrons. The van der Waals surface area contributed by atoms with Gasteiger partial charge in [0, 0.05) is 18.5 Å². The number of carbonyl (C=O) groups excluding carboxylic acids is 1. The first-order valence-corrected chi connectivity index (χ1v) is 5.23. The van der Waals surface area contributed by atoms with Crippen molar-refractivity contribution < 1.29 is 19.6 Å². The molecule has 0 aliphatic heterocycles. The van der Waals surface area contributed by atoms with Crippen LogP contribution >= 0.6 is 0 Å². The molecular formula is C10H12N4O5. The van der Waals surface area contributed by atoms with Crippen molar-refractivity contribution in [2.24, 2.45) is 5.73 Å². The molecule has 0 saturated heterocycles. The van der Waals surface area contributed by atoms with E-state index >= 15 is 0 Å². The van der Waals surface area contributed by atoms with Crippen molar-refractivity contribution >= 4 is 23.4 Å². The summed E-state index contributed by atoms with van der Waals surface area (Å²) in [4.78, 5) is 35.1. The first-order valence-electron chi connectivity index (χ1n) is 5.23. The Balaban J connectivity index is 2.99. The number of carboxylic acid groups (broad SMARTS) is 1. The number of hydrogen-bond acceptors (Lipinski definition) is 6. The highest BCUT2D eigenvalue weighted by Gasteiger charge is 2.21. The van der Waals surface area contributed by atoms with Crippen molar-refractivity contribution in [3.8, 4) is 0 Å². The third-order valence-electron chi connectivity index (χ3n) is 2.21. The van der Waals surface area contributed by atoms with E-state index in [1.54, 1.807) is 6.92 Å². The van der Waals surface area contributed by atoms with Crippen LogP contribution in [-0.4, -0.2) is 32.9 Å². The van der Waals surface area contributed by atoms with Gasteiger partial charge in [-0.3, -0.25) is 14.9 Å². The number of nitrogens with zero attached hydrogens (tertiary/aromatic N) is 2. The lowest BCUT2D eigenvalue weighted by Crippen LogP contribution is -2.24. The smallest absolute Gasteiger partial charge is 0.342 e. The van der Waals surface area contributed by atoms with E-state index in [0.29, 0.717) is 0 Å². The molecule has 102 valence electrons. The Morgan fingerprint density at radius 2 is 2.26 bits per heavy atom. The molecule has 9 nitrogen and oxygen atoms in total. The molecule has 0 bridgehead atoms. The van der Waals surface area contributed by atoms with Crippen LogP contribution in [0.25, 0.3) is 0 Å². The lowest BCUT2D eigenvalue weighted by Gasteiger charge is -2.12. The van der Waals surface area contributed by atoms with Gasteiger partial charge < -0.3 is 16.2 Å². The fourth-order valence-corrected chi connectivity index (χ4v) is 1.45. The number of nitro groups is 1. The van der Waals surface area contributed by atoms with Crippen LogP contribution in [0.5, 0.6) is 0 Å². The number of nitrogens with one attached hydrogen (secondary N) is 1. The van der Waals surface area contributed by atoms with Crippen LogP contribution in [0, 0.1) is 10.1 Å².